The van der Waals surface area contributed by atoms with Crippen LogP contribution in [0.3, 0.4) is 0 Å². The molecule has 21 heavy (non-hydrogen) atoms. The van der Waals surface area contributed by atoms with Crippen molar-refractivity contribution in [2.24, 2.45) is 0 Å². The molecule has 2 aromatic rings. The first-order valence-electron chi connectivity index (χ1n) is 5.95. The zero-order valence-electron chi connectivity index (χ0n) is 10.9. The van der Waals surface area contributed by atoms with E-state index in [0.29, 0.717) is 11.1 Å². The van der Waals surface area contributed by atoms with Gasteiger partial charge < -0.3 is 11.5 Å². The Hall–Kier alpha value is -3.16. The van der Waals surface area contributed by atoms with Crippen LogP contribution in [0.4, 0.5) is 22.7 Å². The van der Waals surface area contributed by atoms with Crippen LogP contribution in [-0.2, 0) is 6.42 Å². The first-order valence-corrected chi connectivity index (χ1v) is 5.95. The topological polar surface area (TPSA) is 138 Å². The number of nitro groups is 2. The maximum Gasteiger partial charge on any atom is 0.292 e. The maximum absolute atomic E-state index is 10.8. The summed E-state index contributed by atoms with van der Waals surface area (Å²) in [6.07, 6.45) is 0.182. The van der Waals surface area contributed by atoms with Gasteiger partial charge in [-0.15, -0.1) is 0 Å². The molecular formula is C13H12N4O4. The van der Waals surface area contributed by atoms with Crippen molar-refractivity contribution in [2.45, 2.75) is 6.42 Å². The molecule has 0 spiro atoms. The fourth-order valence-electron chi connectivity index (χ4n) is 2.03. The number of nitro benzene ring substituents is 2. The van der Waals surface area contributed by atoms with Gasteiger partial charge in [-0.25, -0.2) is 0 Å². The molecule has 2 aromatic carbocycles. The van der Waals surface area contributed by atoms with Crippen LogP contribution in [0.15, 0.2) is 36.4 Å². The lowest BCUT2D eigenvalue weighted by atomic mass is 10.0. The van der Waals surface area contributed by atoms with Crippen LogP contribution in [0.5, 0.6) is 0 Å². The van der Waals surface area contributed by atoms with E-state index in [4.69, 9.17) is 11.5 Å². The summed E-state index contributed by atoms with van der Waals surface area (Å²) < 4.78 is 0. The van der Waals surface area contributed by atoms with Gasteiger partial charge in [0.2, 0.25) is 0 Å². The molecule has 8 heteroatoms. The molecule has 0 saturated heterocycles. The molecule has 0 heterocycles. The largest absolute Gasteiger partial charge is 0.393 e. The van der Waals surface area contributed by atoms with Crippen LogP contribution in [-0.4, -0.2) is 9.85 Å². The molecule has 8 nitrogen and oxygen atoms in total. The van der Waals surface area contributed by atoms with Gasteiger partial charge in [-0.3, -0.25) is 20.2 Å². The lowest BCUT2D eigenvalue weighted by molar-refractivity contribution is -0.384. The van der Waals surface area contributed by atoms with Gasteiger partial charge in [0.05, 0.1) is 9.85 Å². The fourth-order valence-corrected chi connectivity index (χ4v) is 2.03. The number of benzene rings is 2. The Labute approximate surface area is 119 Å². The monoisotopic (exact) mass is 288 g/mol. The highest BCUT2D eigenvalue weighted by molar-refractivity contribution is 5.68. The van der Waals surface area contributed by atoms with Gasteiger partial charge in [0, 0.05) is 18.6 Å². The molecule has 0 saturated carbocycles. The molecule has 0 bridgehead atoms. The summed E-state index contributed by atoms with van der Waals surface area (Å²) in [7, 11) is 0. The number of nitrogen functional groups attached to an aromatic ring is 2. The van der Waals surface area contributed by atoms with E-state index < -0.39 is 9.85 Å². The molecule has 108 valence electrons. The summed E-state index contributed by atoms with van der Waals surface area (Å²) in [5.74, 6) is 0. The van der Waals surface area contributed by atoms with Crippen molar-refractivity contribution in [1.29, 1.82) is 0 Å². The summed E-state index contributed by atoms with van der Waals surface area (Å²) in [6.45, 7) is 0. The average molecular weight is 288 g/mol. The van der Waals surface area contributed by atoms with Crippen LogP contribution in [0.2, 0.25) is 0 Å². The molecule has 0 aliphatic heterocycles. The van der Waals surface area contributed by atoms with Crippen molar-refractivity contribution < 1.29 is 9.85 Å². The Morgan fingerprint density at radius 3 is 1.52 bits per heavy atom. The predicted octanol–water partition coefficient (Wildman–Crippen LogP) is 2.26. The third kappa shape index (κ3) is 2.73. The molecule has 2 rings (SSSR count). The molecule has 0 fully saturated rings. The van der Waals surface area contributed by atoms with Gasteiger partial charge >= 0.3 is 0 Å². The third-order valence-electron chi connectivity index (χ3n) is 3.12. The van der Waals surface area contributed by atoms with Crippen LogP contribution in [0, 0.1) is 20.2 Å². The highest BCUT2D eigenvalue weighted by atomic mass is 16.6. The van der Waals surface area contributed by atoms with E-state index in [2.05, 4.69) is 0 Å². The Bertz CT molecular complexity index is 669. The number of hydrogen-bond donors (Lipinski definition) is 2. The van der Waals surface area contributed by atoms with Gasteiger partial charge in [-0.2, -0.15) is 0 Å². The molecule has 0 unspecified atom stereocenters. The molecule has 0 radical (unpaired) electrons. The summed E-state index contributed by atoms with van der Waals surface area (Å²) in [5.41, 5.74) is 12.2. The van der Waals surface area contributed by atoms with E-state index in [9.17, 15) is 20.2 Å². The Kier molecular flexibility index (Phi) is 3.70. The van der Waals surface area contributed by atoms with Crippen molar-refractivity contribution in [2.75, 3.05) is 11.5 Å². The lowest BCUT2D eigenvalue weighted by Crippen LogP contribution is -2.04. The van der Waals surface area contributed by atoms with Crippen LogP contribution in [0.25, 0.3) is 0 Å². The minimum atomic E-state index is -0.574. The molecule has 0 amide bonds. The number of rotatable bonds is 4. The SMILES string of the molecule is Nc1c(Cc2cccc([N+](=O)[O-])c2N)cccc1[N+](=O)[O-]. The van der Waals surface area contributed by atoms with Crippen molar-refractivity contribution in [3.05, 3.63) is 67.8 Å². The molecule has 0 aliphatic rings. The lowest BCUT2D eigenvalue weighted by Gasteiger charge is -2.08. The summed E-state index contributed by atoms with van der Waals surface area (Å²) in [4.78, 5) is 20.5. The van der Waals surface area contributed by atoms with Gasteiger partial charge in [0.1, 0.15) is 11.4 Å². The highest BCUT2D eigenvalue weighted by Gasteiger charge is 2.18. The normalized spacial score (nSPS) is 10.3. The minimum Gasteiger partial charge on any atom is -0.393 e. The molecular weight excluding hydrogens is 276 g/mol. The number of para-hydroxylation sites is 2. The smallest absolute Gasteiger partial charge is 0.292 e. The summed E-state index contributed by atoms with van der Waals surface area (Å²) in [5, 5.41) is 21.7. The molecule has 0 aromatic heterocycles. The van der Waals surface area contributed by atoms with Crippen molar-refractivity contribution >= 4 is 22.7 Å². The Morgan fingerprint density at radius 2 is 1.19 bits per heavy atom. The van der Waals surface area contributed by atoms with E-state index in [1.54, 1.807) is 12.1 Å². The molecule has 0 atom stereocenters. The van der Waals surface area contributed by atoms with Crippen molar-refractivity contribution in [3.63, 3.8) is 0 Å². The molecule has 4 N–H and O–H groups in total. The summed E-state index contributed by atoms with van der Waals surface area (Å²) in [6, 6.07) is 8.88. The van der Waals surface area contributed by atoms with E-state index in [-0.39, 0.29) is 29.2 Å². The standard InChI is InChI=1S/C13H12N4O4/c14-12-8(3-1-5-10(12)16(18)19)7-9-4-2-6-11(13(9)15)17(20)21/h1-6H,7,14-15H2. The van der Waals surface area contributed by atoms with Crippen LogP contribution in [0.1, 0.15) is 11.1 Å². The first kappa shape index (κ1) is 14.3. The number of nitrogens with zero attached hydrogens (tertiary/aromatic N) is 2. The van der Waals surface area contributed by atoms with E-state index in [1.165, 1.54) is 24.3 Å². The van der Waals surface area contributed by atoms with Crippen LogP contribution < -0.4 is 11.5 Å². The summed E-state index contributed by atoms with van der Waals surface area (Å²) >= 11 is 0. The minimum absolute atomic E-state index is 0.0356. The van der Waals surface area contributed by atoms with Gasteiger partial charge in [0.15, 0.2) is 0 Å². The van der Waals surface area contributed by atoms with Crippen molar-refractivity contribution in [3.8, 4) is 0 Å². The van der Waals surface area contributed by atoms with E-state index in [0.717, 1.165) is 0 Å². The van der Waals surface area contributed by atoms with E-state index in [1.807, 2.05) is 0 Å². The highest BCUT2D eigenvalue weighted by Crippen LogP contribution is 2.31. The van der Waals surface area contributed by atoms with Crippen molar-refractivity contribution in [1.82, 2.24) is 0 Å². The first-order chi connectivity index (χ1) is 9.91. The predicted molar refractivity (Wildman–Crippen MR) is 77.8 cm³/mol. The second kappa shape index (κ2) is 5.45. The number of anilines is 2. The zero-order chi connectivity index (χ0) is 15.6. The number of nitrogens with two attached hydrogens (primary N) is 2. The van der Waals surface area contributed by atoms with Gasteiger partial charge in [0.25, 0.3) is 11.4 Å². The number of hydrogen-bond acceptors (Lipinski definition) is 6. The van der Waals surface area contributed by atoms with E-state index >= 15 is 0 Å². The maximum atomic E-state index is 10.8. The zero-order valence-corrected chi connectivity index (χ0v) is 10.9. The quantitative estimate of drug-likeness (QED) is 0.502. The Morgan fingerprint density at radius 1 is 0.810 bits per heavy atom. The molecule has 0 aliphatic carbocycles. The average Bonchev–Trinajstić information content (AvgIpc) is 2.42. The second-order valence-electron chi connectivity index (χ2n) is 4.39. The van der Waals surface area contributed by atoms with Crippen LogP contribution >= 0.6 is 0 Å². The fraction of sp³-hybridized carbons (Fsp3) is 0.0769. The van der Waals surface area contributed by atoms with Gasteiger partial charge in [-0.05, 0) is 11.1 Å². The second-order valence-corrected chi connectivity index (χ2v) is 4.39. The van der Waals surface area contributed by atoms with Gasteiger partial charge in [-0.1, -0.05) is 24.3 Å². The Balaban J connectivity index is 2.44. The third-order valence-corrected chi connectivity index (χ3v) is 3.12.